The average Bonchev–Trinajstić information content (AvgIpc) is 2.56. The van der Waals surface area contributed by atoms with E-state index in [-0.39, 0.29) is 0 Å². The minimum absolute atomic E-state index is 1.04. The quantitative estimate of drug-likeness (QED) is 0.678. The van der Waals surface area contributed by atoms with Crippen LogP contribution in [0.3, 0.4) is 0 Å². The van der Waals surface area contributed by atoms with Crippen LogP contribution in [0.4, 0.5) is 0 Å². The maximum absolute atomic E-state index is 2.20. The average molecular weight is 246 g/mol. The van der Waals surface area contributed by atoms with Crippen molar-refractivity contribution in [1.82, 2.24) is 0 Å². The van der Waals surface area contributed by atoms with Crippen LogP contribution in [-0.2, 0) is 0 Å². The molecule has 0 amide bonds. The van der Waals surface area contributed by atoms with E-state index in [2.05, 4.69) is 61.6 Å². The van der Waals surface area contributed by atoms with Gasteiger partial charge in [0, 0.05) is 4.90 Å². The summed E-state index contributed by atoms with van der Waals surface area (Å²) in [6, 6.07) is 8.51. The second-order valence-corrected chi connectivity index (χ2v) is 5.88. The van der Waals surface area contributed by atoms with Crippen molar-refractivity contribution in [3.63, 3.8) is 0 Å². The van der Waals surface area contributed by atoms with Crippen molar-refractivity contribution < 1.29 is 0 Å². The third-order valence-corrected chi connectivity index (χ3v) is 4.96. The molecule has 0 fully saturated rings. The van der Waals surface area contributed by atoms with Crippen molar-refractivity contribution in [3.8, 4) is 0 Å². The van der Waals surface area contributed by atoms with E-state index in [1.165, 1.54) is 15.4 Å². The maximum atomic E-state index is 2.20. The van der Waals surface area contributed by atoms with Crippen molar-refractivity contribution in [2.45, 2.75) is 18.2 Å². The molecule has 1 aromatic rings. The molecule has 1 aliphatic carbocycles. The van der Waals surface area contributed by atoms with Crippen LogP contribution in [0.1, 0.15) is 12.0 Å². The SMILES string of the molecule is Cc1ccccc1SSC1=CC=CC=CC1. The molecular formula is C14H14S2. The molecule has 0 N–H and O–H groups in total. The molecule has 0 heterocycles. The molecule has 1 aromatic carbocycles. The smallest absolute Gasteiger partial charge is 0.0215 e. The molecule has 0 bridgehead atoms. The minimum atomic E-state index is 1.04. The summed E-state index contributed by atoms with van der Waals surface area (Å²) in [6.07, 6.45) is 11.7. The van der Waals surface area contributed by atoms with E-state index in [1.54, 1.807) is 0 Å². The van der Waals surface area contributed by atoms with Gasteiger partial charge in [-0.3, -0.25) is 0 Å². The van der Waals surface area contributed by atoms with Crippen molar-refractivity contribution in [3.05, 3.63) is 65.1 Å². The number of allylic oxidation sites excluding steroid dienone is 6. The normalized spacial score (nSPS) is 14.7. The first kappa shape index (κ1) is 11.6. The van der Waals surface area contributed by atoms with Gasteiger partial charge in [-0.15, -0.1) is 0 Å². The number of rotatable bonds is 3. The largest absolute Gasteiger partial charge is 0.0796 e. The lowest BCUT2D eigenvalue weighted by Crippen LogP contribution is -1.76. The summed E-state index contributed by atoms with van der Waals surface area (Å²) in [7, 11) is 3.70. The van der Waals surface area contributed by atoms with Crippen LogP contribution in [0.2, 0.25) is 0 Å². The van der Waals surface area contributed by atoms with Gasteiger partial charge in [0.25, 0.3) is 0 Å². The highest BCUT2D eigenvalue weighted by atomic mass is 33.1. The highest BCUT2D eigenvalue weighted by Gasteiger charge is 2.01. The molecule has 0 saturated heterocycles. The van der Waals surface area contributed by atoms with Crippen LogP contribution in [0, 0.1) is 6.92 Å². The van der Waals surface area contributed by atoms with Crippen molar-refractivity contribution >= 4 is 21.6 Å². The molecule has 2 rings (SSSR count). The first-order chi connectivity index (χ1) is 7.86. The van der Waals surface area contributed by atoms with Gasteiger partial charge in [0.1, 0.15) is 0 Å². The molecule has 1 aliphatic rings. The molecule has 0 aliphatic heterocycles. The summed E-state index contributed by atoms with van der Waals surface area (Å²) in [4.78, 5) is 2.75. The van der Waals surface area contributed by atoms with Crippen molar-refractivity contribution in [1.29, 1.82) is 0 Å². The maximum Gasteiger partial charge on any atom is 0.0215 e. The van der Waals surface area contributed by atoms with E-state index in [9.17, 15) is 0 Å². The fourth-order valence-electron chi connectivity index (χ4n) is 1.37. The third kappa shape index (κ3) is 3.32. The van der Waals surface area contributed by atoms with Crippen LogP contribution < -0.4 is 0 Å². The van der Waals surface area contributed by atoms with Gasteiger partial charge in [0.05, 0.1) is 0 Å². The van der Waals surface area contributed by atoms with Gasteiger partial charge in [-0.25, -0.2) is 0 Å². The lowest BCUT2D eigenvalue weighted by Gasteiger charge is -2.05. The van der Waals surface area contributed by atoms with Gasteiger partial charge in [0.2, 0.25) is 0 Å². The Balaban J connectivity index is 1.97. The van der Waals surface area contributed by atoms with E-state index in [4.69, 9.17) is 0 Å². The zero-order valence-corrected chi connectivity index (χ0v) is 10.9. The van der Waals surface area contributed by atoms with Gasteiger partial charge < -0.3 is 0 Å². The molecule has 0 aromatic heterocycles. The topological polar surface area (TPSA) is 0 Å². The Labute approximate surface area is 105 Å². The molecule has 0 spiro atoms. The Hall–Kier alpha value is -0.860. The van der Waals surface area contributed by atoms with Crippen LogP contribution in [0.15, 0.2) is 64.4 Å². The molecule has 0 nitrogen and oxygen atoms in total. The van der Waals surface area contributed by atoms with Gasteiger partial charge >= 0.3 is 0 Å². The Bertz CT molecular complexity index is 442. The zero-order valence-electron chi connectivity index (χ0n) is 9.22. The molecule has 0 unspecified atom stereocenters. The Kier molecular flexibility index (Phi) is 4.37. The second-order valence-electron chi connectivity index (χ2n) is 3.58. The van der Waals surface area contributed by atoms with E-state index in [1.807, 2.05) is 21.6 Å². The van der Waals surface area contributed by atoms with E-state index in [0.29, 0.717) is 0 Å². The monoisotopic (exact) mass is 246 g/mol. The number of benzene rings is 1. The summed E-state index contributed by atoms with van der Waals surface area (Å²) in [6.45, 7) is 2.16. The number of aryl methyl sites for hydroxylation is 1. The summed E-state index contributed by atoms with van der Waals surface area (Å²) < 4.78 is 0. The minimum Gasteiger partial charge on any atom is -0.0796 e. The molecule has 0 atom stereocenters. The predicted octanol–water partition coefficient (Wildman–Crippen LogP) is 5.14. The highest BCUT2D eigenvalue weighted by molar-refractivity contribution is 8.78. The zero-order chi connectivity index (χ0) is 11.2. The van der Waals surface area contributed by atoms with Gasteiger partial charge in [0.15, 0.2) is 0 Å². The molecule has 82 valence electrons. The van der Waals surface area contributed by atoms with E-state index in [0.717, 1.165) is 6.42 Å². The predicted molar refractivity (Wildman–Crippen MR) is 75.6 cm³/mol. The van der Waals surface area contributed by atoms with Gasteiger partial charge in [-0.2, -0.15) is 0 Å². The summed E-state index contributed by atoms with van der Waals surface area (Å²) in [5, 5.41) is 0. The Morgan fingerprint density at radius 2 is 1.88 bits per heavy atom. The molecule has 2 heteroatoms. The molecule has 0 saturated carbocycles. The molecular weight excluding hydrogens is 232 g/mol. The van der Waals surface area contributed by atoms with Crippen LogP contribution in [0.5, 0.6) is 0 Å². The first-order valence-corrected chi connectivity index (χ1v) is 7.44. The molecule has 16 heavy (non-hydrogen) atoms. The standard InChI is InChI=1S/C14H14S2/c1-12-8-6-7-11-14(12)16-15-13-9-4-2-3-5-10-13/h2-9,11H,10H2,1H3. The van der Waals surface area contributed by atoms with E-state index < -0.39 is 0 Å². The summed E-state index contributed by atoms with van der Waals surface area (Å²) >= 11 is 0. The lowest BCUT2D eigenvalue weighted by atomic mass is 10.2. The van der Waals surface area contributed by atoms with Crippen LogP contribution in [0.25, 0.3) is 0 Å². The number of hydrogen-bond acceptors (Lipinski definition) is 2. The Morgan fingerprint density at radius 1 is 1.00 bits per heavy atom. The van der Waals surface area contributed by atoms with E-state index >= 15 is 0 Å². The summed E-state index contributed by atoms with van der Waals surface area (Å²) in [5.41, 5.74) is 1.35. The second kappa shape index (κ2) is 6.02. The fourth-order valence-corrected chi connectivity index (χ4v) is 3.72. The van der Waals surface area contributed by atoms with Crippen molar-refractivity contribution in [2.75, 3.05) is 0 Å². The van der Waals surface area contributed by atoms with Crippen LogP contribution in [-0.4, -0.2) is 0 Å². The highest BCUT2D eigenvalue weighted by Crippen LogP contribution is 2.39. The number of hydrogen-bond donors (Lipinski definition) is 0. The van der Waals surface area contributed by atoms with Crippen LogP contribution >= 0.6 is 21.6 Å². The molecule has 0 radical (unpaired) electrons. The van der Waals surface area contributed by atoms with Gasteiger partial charge in [-0.05, 0) is 29.9 Å². The fraction of sp³-hybridized carbons (Fsp3) is 0.143. The Morgan fingerprint density at radius 3 is 2.75 bits per heavy atom. The summed E-state index contributed by atoms with van der Waals surface area (Å²) in [5.74, 6) is 0. The third-order valence-electron chi connectivity index (χ3n) is 2.29. The van der Waals surface area contributed by atoms with Gasteiger partial charge in [-0.1, -0.05) is 70.2 Å². The first-order valence-electron chi connectivity index (χ1n) is 5.29. The lowest BCUT2D eigenvalue weighted by molar-refractivity contribution is 1.31. The van der Waals surface area contributed by atoms with Crippen molar-refractivity contribution in [2.24, 2.45) is 0 Å².